The van der Waals surface area contributed by atoms with Gasteiger partial charge in [0.15, 0.2) is 0 Å². The molecule has 0 aromatic heterocycles. The Balaban J connectivity index is 0.000000278. The van der Waals surface area contributed by atoms with Crippen molar-refractivity contribution in [3.63, 3.8) is 0 Å². The topological polar surface area (TPSA) is 309 Å². The molecule has 3 fully saturated rings. The molecule has 5 aromatic carbocycles. The number of carbonyl (C=O) groups is 10. The molecule has 5 aromatic rings. The lowest BCUT2D eigenvalue weighted by atomic mass is 9.93. The van der Waals surface area contributed by atoms with E-state index in [0.717, 1.165) is 85.4 Å². The smallest absolute Gasteiger partial charge is 0.313 e. The number of aliphatic hydroxyl groups excluding tert-OH is 1. The first kappa shape index (κ1) is 95.2. The number of aromatic hydroxyl groups is 2. The highest BCUT2D eigenvalue weighted by molar-refractivity contribution is 6.32. The van der Waals surface area contributed by atoms with Gasteiger partial charge in [0, 0.05) is 85.3 Å². The normalized spacial score (nSPS) is 17.4. The van der Waals surface area contributed by atoms with Crippen molar-refractivity contribution in [3.8, 4) is 23.0 Å². The van der Waals surface area contributed by atoms with Crippen LogP contribution < -0.4 is 29.5 Å². The molecular formula is C88H123ClN4O19. The number of phenolic OH excluding ortho intramolecular Hbond substituents is 2. The standard InChI is InChI=1S/C18H23NO2.C17H22N2O2.C17H21NO3.C8H16O2.C7H7ClO2.C7H14O3.C7H12O3.C7H8O2/c1-2-14(20)12-16-15-10-6-7-11-17(15)19(18(16)21)13-8-4-3-5-9-13;1-2-13(20)11-15-14-5-3-4-6-16(14)19(17(15)21)12-7-9-18-10-8-12;1-21-16(19)11-14-13-9-5-6-10-15(13)18(17(14)20)12-7-3-2-4-8-12;1-6(2)7(3)5-8(9)10-4;1-10-5-2-3-6(8)7(9)4-5;2*1-5(2)6(8)4-7(9)10-3;1-9-7-4-2-3-6(8)5-7/h6-7,10-11,13,16H,2-5,8-9,12H2,1H3;3-6,12,15,18H,2,7-11H2,1H3;5-6,9-10,12,14H,2-4,7-8,11H2,1H3;6-7H,5H2,1-4H3;2-4,9H,1H3;5-6,8H,4H2,1-3H3;5H,4H2,1-3H3;2-5,8H,1H3. The van der Waals surface area contributed by atoms with E-state index in [2.05, 4.69) is 40.3 Å². The second kappa shape index (κ2) is 50.0. The Labute approximate surface area is 668 Å². The van der Waals surface area contributed by atoms with Crippen LogP contribution in [0.5, 0.6) is 23.0 Å². The summed E-state index contributed by atoms with van der Waals surface area (Å²) in [4.78, 5) is 122. The first-order valence-electron chi connectivity index (χ1n) is 39.3. The van der Waals surface area contributed by atoms with Gasteiger partial charge in [0.05, 0.1) is 84.4 Å². The molecule has 24 heteroatoms. The summed E-state index contributed by atoms with van der Waals surface area (Å²) in [7, 11) is 8.48. The third kappa shape index (κ3) is 30.1. The number of ether oxygens (including phenoxy) is 6. The highest BCUT2D eigenvalue weighted by atomic mass is 35.5. The van der Waals surface area contributed by atoms with E-state index in [-0.39, 0.29) is 125 Å². The number of carbonyl (C=O) groups excluding carboxylic acids is 10. The van der Waals surface area contributed by atoms with Gasteiger partial charge in [-0.3, -0.25) is 47.9 Å². The van der Waals surface area contributed by atoms with Crippen LogP contribution in [0, 0.1) is 23.7 Å². The number of nitrogens with zero attached hydrogens (tertiary/aromatic N) is 3. The molecule has 2 saturated carbocycles. The Kier molecular flexibility index (Phi) is 42.5. The summed E-state index contributed by atoms with van der Waals surface area (Å²) in [5.74, 6) is 0.973. The number of methoxy groups -OCH3 is 6. The Morgan fingerprint density at radius 3 is 1.21 bits per heavy atom. The van der Waals surface area contributed by atoms with Gasteiger partial charge in [-0.2, -0.15) is 0 Å². The van der Waals surface area contributed by atoms with Crippen LogP contribution in [-0.2, 0) is 66.9 Å². The molecule has 11 rings (SSSR count). The average Bonchev–Trinajstić information content (AvgIpc) is 1.63. The fourth-order valence-corrected chi connectivity index (χ4v) is 13.6. The fraction of sp³-hybridized carbons (Fsp3) is 0.545. The van der Waals surface area contributed by atoms with Crippen LogP contribution in [0.15, 0.2) is 115 Å². The van der Waals surface area contributed by atoms with Crippen LogP contribution in [-0.4, -0.2) is 154 Å². The molecule has 23 nitrogen and oxygen atoms in total. The minimum atomic E-state index is -0.576. The molecule has 1 saturated heterocycles. The summed E-state index contributed by atoms with van der Waals surface area (Å²) >= 11 is 5.53. The minimum Gasteiger partial charge on any atom is -0.508 e. The molecular weight excluding hydrogens is 1450 g/mol. The maximum atomic E-state index is 12.9. The van der Waals surface area contributed by atoms with Crippen molar-refractivity contribution in [2.45, 2.75) is 233 Å². The van der Waals surface area contributed by atoms with E-state index in [1.165, 1.54) is 80.1 Å². The molecule has 3 amide bonds. The molecule has 4 heterocycles. The van der Waals surface area contributed by atoms with E-state index >= 15 is 0 Å². The number of amides is 3. The van der Waals surface area contributed by atoms with E-state index in [1.807, 2.05) is 115 Å². The molecule has 4 aliphatic heterocycles. The number of esters is 4. The lowest BCUT2D eigenvalue weighted by molar-refractivity contribution is -0.145. The van der Waals surface area contributed by atoms with Gasteiger partial charge in [0.25, 0.3) is 0 Å². The molecule has 0 spiro atoms. The molecule has 0 radical (unpaired) electrons. The maximum Gasteiger partial charge on any atom is 0.313 e. The van der Waals surface area contributed by atoms with Crippen LogP contribution in [0.3, 0.4) is 0 Å². The zero-order valence-electron chi connectivity index (χ0n) is 68.5. The van der Waals surface area contributed by atoms with E-state index in [1.54, 1.807) is 57.4 Å². The number of aliphatic hydroxyl groups is 1. The molecule has 0 bridgehead atoms. The van der Waals surface area contributed by atoms with Crippen LogP contribution in [0.25, 0.3) is 0 Å². The number of rotatable bonds is 22. The SMILES string of the molecule is CCC(=O)CC1C(=O)N(C2CCCCC2)c2ccccc21.CCC(=O)CC1C(=O)N(C2CCNCC2)c2ccccc21.COC(=O)CC(=O)C(C)C.COC(=O)CC(C)C(C)C.COC(=O)CC(O)C(C)C.COC(=O)CC1C(=O)N(C2CCCCC2)c2ccccc21.COc1ccc(Cl)c(O)c1.COc1cccc(O)c1. The zero-order chi connectivity index (χ0) is 83.1. The fourth-order valence-electron chi connectivity index (χ4n) is 13.4. The van der Waals surface area contributed by atoms with Crippen LogP contribution in [0.4, 0.5) is 17.1 Å². The number of fused-ring (bicyclic) bond motifs is 3. The quantitative estimate of drug-likeness (QED) is 0.0284. The summed E-state index contributed by atoms with van der Waals surface area (Å²) in [6.45, 7) is 19.1. The minimum absolute atomic E-state index is 0.0426. The number of hydrogen-bond acceptors (Lipinski definition) is 20. The highest BCUT2D eigenvalue weighted by Crippen LogP contribution is 2.46. The highest BCUT2D eigenvalue weighted by Gasteiger charge is 2.44. The van der Waals surface area contributed by atoms with Gasteiger partial charge in [0.2, 0.25) is 17.7 Å². The summed E-state index contributed by atoms with van der Waals surface area (Å²) < 4.78 is 27.6. The van der Waals surface area contributed by atoms with Crippen molar-refractivity contribution in [1.29, 1.82) is 0 Å². The van der Waals surface area contributed by atoms with Crippen molar-refractivity contribution in [2.75, 3.05) is 70.4 Å². The monoisotopic (exact) mass is 1570 g/mol. The number of benzene rings is 5. The first-order valence-corrected chi connectivity index (χ1v) is 39.7. The van der Waals surface area contributed by atoms with Gasteiger partial charge in [-0.25, -0.2) is 0 Å². The third-order valence-electron chi connectivity index (χ3n) is 20.8. The molecule has 2 aliphatic carbocycles. The predicted octanol–water partition coefficient (Wildman–Crippen LogP) is 15.7. The molecule has 112 heavy (non-hydrogen) atoms. The second-order valence-electron chi connectivity index (χ2n) is 29.5. The number of phenols is 2. The molecule has 5 unspecified atom stereocenters. The number of Topliss-reactive ketones (excluding diaryl/α,β-unsaturated/α-hetero) is 3. The predicted molar refractivity (Wildman–Crippen MR) is 435 cm³/mol. The molecule has 5 atom stereocenters. The van der Waals surface area contributed by atoms with Crippen LogP contribution >= 0.6 is 11.6 Å². The Hall–Kier alpha value is -9.19. The van der Waals surface area contributed by atoms with Gasteiger partial charge in [-0.1, -0.05) is 173 Å². The van der Waals surface area contributed by atoms with Crippen molar-refractivity contribution in [2.24, 2.45) is 23.7 Å². The zero-order valence-corrected chi connectivity index (χ0v) is 69.2. The Morgan fingerprint density at radius 1 is 0.464 bits per heavy atom. The van der Waals surface area contributed by atoms with Gasteiger partial charge < -0.3 is 63.8 Å². The number of para-hydroxylation sites is 3. The number of anilines is 3. The van der Waals surface area contributed by atoms with E-state index in [4.69, 9.17) is 41.1 Å². The largest absolute Gasteiger partial charge is 0.508 e. The number of ketones is 3. The van der Waals surface area contributed by atoms with Crippen molar-refractivity contribution < 1.29 is 91.7 Å². The van der Waals surface area contributed by atoms with Crippen molar-refractivity contribution in [1.82, 2.24) is 5.32 Å². The van der Waals surface area contributed by atoms with Gasteiger partial charge in [-0.05, 0) is 129 Å². The van der Waals surface area contributed by atoms with Crippen molar-refractivity contribution >= 4 is 87.6 Å². The van der Waals surface area contributed by atoms with Gasteiger partial charge in [-0.15, -0.1) is 0 Å². The average molecular weight is 1580 g/mol. The number of nitrogens with one attached hydrogen (secondary N) is 1. The van der Waals surface area contributed by atoms with Crippen molar-refractivity contribution in [3.05, 3.63) is 137 Å². The first-order chi connectivity index (χ1) is 53.4. The molecule has 616 valence electrons. The third-order valence-corrected chi connectivity index (χ3v) is 21.1. The summed E-state index contributed by atoms with van der Waals surface area (Å²) in [6, 6.07) is 36.1. The summed E-state index contributed by atoms with van der Waals surface area (Å²) in [6.07, 6.45) is 15.4. The molecule has 6 aliphatic rings. The number of halogens is 1. The van der Waals surface area contributed by atoms with E-state index in [9.17, 15) is 47.9 Å². The molecule has 4 N–H and O–H groups in total. The van der Waals surface area contributed by atoms with Crippen LogP contribution in [0.2, 0.25) is 5.02 Å². The van der Waals surface area contributed by atoms with Gasteiger partial charge >= 0.3 is 23.9 Å². The second-order valence-corrected chi connectivity index (χ2v) is 29.9. The maximum absolute atomic E-state index is 12.9. The number of piperidine rings is 1. The Bertz CT molecular complexity index is 3540. The lowest BCUT2D eigenvalue weighted by Gasteiger charge is -2.32. The summed E-state index contributed by atoms with van der Waals surface area (Å²) in [5.41, 5.74) is 6.10. The number of hydrogen-bond donors (Lipinski definition) is 4. The van der Waals surface area contributed by atoms with E-state index < -0.39 is 12.1 Å². The van der Waals surface area contributed by atoms with E-state index in [0.29, 0.717) is 66.5 Å². The van der Waals surface area contributed by atoms with Gasteiger partial charge in [0.1, 0.15) is 46.8 Å². The lowest BCUT2D eigenvalue weighted by Crippen LogP contribution is -2.45. The Morgan fingerprint density at radius 2 is 0.857 bits per heavy atom. The van der Waals surface area contributed by atoms with Crippen LogP contribution in [0.1, 0.15) is 225 Å². The summed E-state index contributed by atoms with van der Waals surface area (Å²) in [5, 5.41) is 30.7.